The quantitative estimate of drug-likeness (QED) is 0.853. The standard InChI is InChI=1S/C13H17N3/c1-9(14)8-13-15-11-4-2-3-5-12(11)16(13)10-6-7-10/h2-5,9-10H,6-8,14H2,1H3. The molecule has 2 aromatic rings. The first-order valence-corrected chi connectivity index (χ1v) is 5.97. The highest BCUT2D eigenvalue weighted by molar-refractivity contribution is 5.76. The largest absolute Gasteiger partial charge is 0.328 e. The number of hydrogen-bond acceptors (Lipinski definition) is 2. The minimum absolute atomic E-state index is 0.175. The molecule has 16 heavy (non-hydrogen) atoms. The van der Waals surface area contributed by atoms with Crippen LogP contribution in [0.25, 0.3) is 11.0 Å². The van der Waals surface area contributed by atoms with Crippen LogP contribution >= 0.6 is 0 Å². The van der Waals surface area contributed by atoms with Gasteiger partial charge in [0.25, 0.3) is 0 Å². The fraction of sp³-hybridized carbons (Fsp3) is 0.462. The van der Waals surface area contributed by atoms with Crippen molar-refractivity contribution < 1.29 is 0 Å². The Bertz CT molecular complexity index is 509. The predicted octanol–water partition coefficient (Wildman–Crippen LogP) is 2.26. The molecule has 1 aliphatic rings. The van der Waals surface area contributed by atoms with Gasteiger partial charge in [0.15, 0.2) is 0 Å². The summed E-state index contributed by atoms with van der Waals surface area (Å²) in [6.07, 6.45) is 3.43. The van der Waals surface area contributed by atoms with Gasteiger partial charge in [-0.25, -0.2) is 4.98 Å². The number of rotatable bonds is 3. The summed E-state index contributed by atoms with van der Waals surface area (Å²) >= 11 is 0. The fourth-order valence-electron chi connectivity index (χ4n) is 2.27. The topological polar surface area (TPSA) is 43.8 Å². The molecule has 1 saturated carbocycles. The lowest BCUT2D eigenvalue weighted by Gasteiger charge is -2.09. The first-order chi connectivity index (χ1) is 7.75. The van der Waals surface area contributed by atoms with Crippen LogP contribution in [0.4, 0.5) is 0 Å². The molecule has 0 aliphatic heterocycles. The van der Waals surface area contributed by atoms with Gasteiger partial charge in [0, 0.05) is 18.5 Å². The molecule has 1 aromatic heterocycles. The third-order valence-corrected chi connectivity index (χ3v) is 3.09. The van der Waals surface area contributed by atoms with Crippen molar-refractivity contribution in [2.24, 2.45) is 5.73 Å². The number of para-hydroxylation sites is 2. The Morgan fingerprint density at radius 2 is 2.19 bits per heavy atom. The maximum absolute atomic E-state index is 5.88. The summed E-state index contributed by atoms with van der Waals surface area (Å²) in [4.78, 5) is 4.70. The molecule has 3 rings (SSSR count). The van der Waals surface area contributed by atoms with Crippen LogP contribution in [-0.4, -0.2) is 15.6 Å². The van der Waals surface area contributed by atoms with Crippen molar-refractivity contribution in [2.75, 3.05) is 0 Å². The monoisotopic (exact) mass is 215 g/mol. The molecule has 1 unspecified atom stereocenters. The predicted molar refractivity (Wildman–Crippen MR) is 65.4 cm³/mol. The van der Waals surface area contributed by atoms with Gasteiger partial charge in [0.2, 0.25) is 0 Å². The third-order valence-electron chi connectivity index (χ3n) is 3.09. The van der Waals surface area contributed by atoms with E-state index < -0.39 is 0 Å². The molecule has 3 nitrogen and oxygen atoms in total. The Kier molecular flexibility index (Phi) is 2.21. The number of nitrogens with zero attached hydrogens (tertiary/aromatic N) is 2. The van der Waals surface area contributed by atoms with Crippen LogP contribution in [0.5, 0.6) is 0 Å². The molecular formula is C13H17N3. The van der Waals surface area contributed by atoms with Gasteiger partial charge < -0.3 is 10.3 Å². The van der Waals surface area contributed by atoms with Crippen molar-refractivity contribution in [3.05, 3.63) is 30.1 Å². The molecular weight excluding hydrogens is 198 g/mol. The Morgan fingerprint density at radius 3 is 2.88 bits per heavy atom. The van der Waals surface area contributed by atoms with Crippen molar-refractivity contribution in [2.45, 2.75) is 38.3 Å². The second-order valence-electron chi connectivity index (χ2n) is 4.80. The number of benzene rings is 1. The average Bonchev–Trinajstić information content (AvgIpc) is 3.00. The molecule has 0 radical (unpaired) electrons. The number of imidazole rings is 1. The maximum Gasteiger partial charge on any atom is 0.111 e. The smallest absolute Gasteiger partial charge is 0.111 e. The van der Waals surface area contributed by atoms with Crippen LogP contribution in [0.2, 0.25) is 0 Å². The minimum atomic E-state index is 0.175. The molecule has 0 amide bonds. The van der Waals surface area contributed by atoms with Crippen molar-refractivity contribution >= 4 is 11.0 Å². The van der Waals surface area contributed by atoms with E-state index in [2.05, 4.69) is 22.8 Å². The van der Waals surface area contributed by atoms with E-state index in [1.807, 2.05) is 13.0 Å². The van der Waals surface area contributed by atoms with E-state index in [-0.39, 0.29) is 6.04 Å². The highest BCUT2D eigenvalue weighted by Crippen LogP contribution is 2.38. The summed E-state index contributed by atoms with van der Waals surface area (Å²) in [5.41, 5.74) is 8.25. The van der Waals surface area contributed by atoms with Gasteiger partial charge in [-0.2, -0.15) is 0 Å². The average molecular weight is 215 g/mol. The zero-order valence-corrected chi connectivity index (χ0v) is 9.56. The number of nitrogens with two attached hydrogens (primary N) is 1. The Morgan fingerprint density at radius 1 is 1.44 bits per heavy atom. The van der Waals surface area contributed by atoms with E-state index in [0.29, 0.717) is 6.04 Å². The van der Waals surface area contributed by atoms with Crippen molar-refractivity contribution in [3.8, 4) is 0 Å². The van der Waals surface area contributed by atoms with E-state index in [0.717, 1.165) is 17.8 Å². The Balaban J connectivity index is 2.14. The van der Waals surface area contributed by atoms with E-state index in [9.17, 15) is 0 Å². The Hall–Kier alpha value is -1.35. The van der Waals surface area contributed by atoms with Gasteiger partial charge >= 0.3 is 0 Å². The number of hydrogen-bond donors (Lipinski definition) is 1. The zero-order valence-electron chi connectivity index (χ0n) is 9.56. The second-order valence-corrected chi connectivity index (χ2v) is 4.80. The van der Waals surface area contributed by atoms with Crippen LogP contribution in [-0.2, 0) is 6.42 Å². The third kappa shape index (κ3) is 1.61. The molecule has 2 N–H and O–H groups in total. The normalized spacial score (nSPS) is 17.9. The van der Waals surface area contributed by atoms with Gasteiger partial charge in [0.05, 0.1) is 11.0 Å². The van der Waals surface area contributed by atoms with Crippen LogP contribution in [0.3, 0.4) is 0 Å². The molecule has 1 aromatic carbocycles. The van der Waals surface area contributed by atoms with Crippen molar-refractivity contribution in [1.29, 1.82) is 0 Å². The number of aromatic nitrogens is 2. The van der Waals surface area contributed by atoms with Gasteiger partial charge in [0.1, 0.15) is 5.82 Å². The molecule has 1 aliphatic carbocycles. The van der Waals surface area contributed by atoms with Crippen molar-refractivity contribution in [3.63, 3.8) is 0 Å². The minimum Gasteiger partial charge on any atom is -0.328 e. The fourth-order valence-corrected chi connectivity index (χ4v) is 2.27. The van der Waals surface area contributed by atoms with E-state index in [4.69, 9.17) is 10.7 Å². The summed E-state index contributed by atoms with van der Waals surface area (Å²) in [7, 11) is 0. The highest BCUT2D eigenvalue weighted by atomic mass is 15.1. The Labute approximate surface area is 95.3 Å². The molecule has 1 atom stereocenters. The van der Waals surface area contributed by atoms with E-state index in [1.165, 1.54) is 18.4 Å². The molecule has 1 fully saturated rings. The molecule has 0 bridgehead atoms. The SMILES string of the molecule is CC(N)Cc1nc2ccccc2n1C1CC1. The lowest BCUT2D eigenvalue weighted by Crippen LogP contribution is -2.20. The summed E-state index contributed by atoms with van der Waals surface area (Å²) in [6, 6.07) is 9.21. The summed E-state index contributed by atoms with van der Waals surface area (Å²) in [5.74, 6) is 1.15. The van der Waals surface area contributed by atoms with E-state index in [1.54, 1.807) is 0 Å². The zero-order chi connectivity index (χ0) is 11.1. The van der Waals surface area contributed by atoms with E-state index >= 15 is 0 Å². The second kappa shape index (κ2) is 3.59. The summed E-state index contributed by atoms with van der Waals surface area (Å²) in [6.45, 7) is 2.04. The van der Waals surface area contributed by atoms with Crippen molar-refractivity contribution in [1.82, 2.24) is 9.55 Å². The summed E-state index contributed by atoms with van der Waals surface area (Å²) in [5, 5.41) is 0. The van der Waals surface area contributed by atoms with Crippen LogP contribution < -0.4 is 5.73 Å². The summed E-state index contributed by atoms with van der Waals surface area (Å²) < 4.78 is 2.39. The van der Waals surface area contributed by atoms with Gasteiger partial charge in [-0.3, -0.25) is 0 Å². The first-order valence-electron chi connectivity index (χ1n) is 5.97. The molecule has 0 spiro atoms. The van der Waals surface area contributed by atoms with Crippen LogP contribution in [0.1, 0.15) is 31.6 Å². The lowest BCUT2D eigenvalue weighted by atomic mass is 10.2. The van der Waals surface area contributed by atoms with Gasteiger partial charge in [-0.05, 0) is 31.9 Å². The van der Waals surface area contributed by atoms with Gasteiger partial charge in [-0.1, -0.05) is 12.1 Å². The maximum atomic E-state index is 5.88. The van der Waals surface area contributed by atoms with Crippen LogP contribution in [0, 0.1) is 0 Å². The lowest BCUT2D eigenvalue weighted by molar-refractivity contribution is 0.639. The molecule has 0 saturated heterocycles. The highest BCUT2D eigenvalue weighted by Gasteiger charge is 2.28. The molecule has 3 heteroatoms. The number of fused-ring (bicyclic) bond motifs is 1. The van der Waals surface area contributed by atoms with Gasteiger partial charge in [-0.15, -0.1) is 0 Å². The molecule has 84 valence electrons. The van der Waals surface area contributed by atoms with Crippen LogP contribution in [0.15, 0.2) is 24.3 Å². The first kappa shape index (κ1) is 9.85. The molecule has 1 heterocycles.